The van der Waals surface area contributed by atoms with Gasteiger partial charge in [-0.15, -0.1) is 0 Å². The van der Waals surface area contributed by atoms with Crippen LogP contribution in [0.15, 0.2) is 48.5 Å². The highest BCUT2D eigenvalue weighted by Gasteiger charge is 2.10. The Balaban J connectivity index is 0.000000581. The first kappa shape index (κ1) is 12.9. The maximum atomic E-state index is 2.31. The Morgan fingerprint density at radius 1 is 0.650 bits per heavy atom. The molecule has 100 valence electrons. The summed E-state index contributed by atoms with van der Waals surface area (Å²) in [6, 6.07) is 17.9. The molecule has 0 bridgehead atoms. The van der Waals surface area contributed by atoms with Gasteiger partial charge in [-0.1, -0.05) is 62.4 Å². The van der Waals surface area contributed by atoms with Gasteiger partial charge < -0.3 is 0 Å². The van der Waals surface area contributed by atoms with Crippen LogP contribution in [0.25, 0.3) is 32.3 Å². The topological polar surface area (TPSA) is 0 Å². The summed E-state index contributed by atoms with van der Waals surface area (Å²) in [5, 5.41) is 8.28. The Bertz CT molecular complexity index is 869. The van der Waals surface area contributed by atoms with Gasteiger partial charge in [0.25, 0.3) is 0 Å². The molecule has 0 atom stereocenters. The van der Waals surface area contributed by atoms with Crippen LogP contribution in [0.3, 0.4) is 0 Å². The molecule has 0 saturated heterocycles. The van der Waals surface area contributed by atoms with Gasteiger partial charge in [-0.25, -0.2) is 0 Å². The van der Waals surface area contributed by atoms with Gasteiger partial charge in [0.1, 0.15) is 0 Å². The SMILES string of the molecule is CC.Cc1cc2ccc3cccc4ccc(c1C)c2c34. The van der Waals surface area contributed by atoms with E-state index in [1.165, 1.54) is 43.4 Å². The fourth-order valence-electron chi connectivity index (χ4n) is 3.10. The molecule has 0 aromatic heterocycles. The smallest absolute Gasteiger partial charge is 0.00239 e. The molecule has 0 fully saturated rings. The first-order valence-electron chi connectivity index (χ1n) is 7.39. The minimum Gasteiger partial charge on any atom is -0.0683 e. The molecule has 0 aliphatic carbocycles. The molecular weight excluding hydrogens is 240 g/mol. The Kier molecular flexibility index (Phi) is 3.10. The van der Waals surface area contributed by atoms with Crippen molar-refractivity contribution >= 4 is 32.3 Å². The van der Waals surface area contributed by atoms with Crippen molar-refractivity contribution in [1.29, 1.82) is 0 Å². The lowest BCUT2D eigenvalue weighted by molar-refractivity contribution is 1.39. The van der Waals surface area contributed by atoms with Gasteiger partial charge in [0.15, 0.2) is 0 Å². The summed E-state index contributed by atoms with van der Waals surface area (Å²) in [5.74, 6) is 0. The van der Waals surface area contributed by atoms with Gasteiger partial charge in [0.2, 0.25) is 0 Å². The Morgan fingerprint density at radius 2 is 1.25 bits per heavy atom. The number of benzene rings is 4. The number of rotatable bonds is 0. The van der Waals surface area contributed by atoms with Crippen molar-refractivity contribution in [1.82, 2.24) is 0 Å². The Hall–Kier alpha value is -2.08. The van der Waals surface area contributed by atoms with E-state index in [1.807, 2.05) is 13.8 Å². The van der Waals surface area contributed by atoms with E-state index < -0.39 is 0 Å². The normalized spacial score (nSPS) is 11.0. The highest BCUT2D eigenvalue weighted by atomic mass is 14.1. The van der Waals surface area contributed by atoms with Crippen LogP contribution in [-0.2, 0) is 0 Å². The van der Waals surface area contributed by atoms with E-state index in [9.17, 15) is 0 Å². The third-order valence-electron chi connectivity index (χ3n) is 4.18. The van der Waals surface area contributed by atoms with E-state index in [0.29, 0.717) is 0 Å². The average Bonchev–Trinajstić information content (AvgIpc) is 2.50. The lowest BCUT2D eigenvalue weighted by Crippen LogP contribution is -1.88. The molecule has 0 spiro atoms. The third kappa shape index (κ3) is 1.68. The molecule has 0 heteroatoms. The van der Waals surface area contributed by atoms with Crippen LogP contribution in [0.1, 0.15) is 25.0 Å². The van der Waals surface area contributed by atoms with Crippen LogP contribution >= 0.6 is 0 Å². The van der Waals surface area contributed by atoms with Crippen molar-refractivity contribution in [3.05, 3.63) is 59.7 Å². The summed E-state index contributed by atoms with van der Waals surface area (Å²) in [4.78, 5) is 0. The molecule has 0 nitrogen and oxygen atoms in total. The highest BCUT2D eigenvalue weighted by molar-refractivity contribution is 6.23. The molecule has 0 amide bonds. The molecule has 0 radical (unpaired) electrons. The fraction of sp³-hybridized carbons (Fsp3) is 0.200. The summed E-state index contributed by atoms with van der Waals surface area (Å²) in [7, 11) is 0. The Morgan fingerprint density at radius 3 is 1.95 bits per heavy atom. The maximum Gasteiger partial charge on any atom is -0.00239 e. The molecule has 4 rings (SSSR count). The summed E-state index contributed by atoms with van der Waals surface area (Å²) in [6.07, 6.45) is 0. The largest absolute Gasteiger partial charge is 0.0683 e. The van der Waals surface area contributed by atoms with Gasteiger partial charge in [0.05, 0.1) is 0 Å². The van der Waals surface area contributed by atoms with E-state index in [4.69, 9.17) is 0 Å². The standard InChI is InChI=1S/C18H14.C2H6/c1-11-10-15-7-6-13-4-3-5-14-8-9-16(12(11)2)18(15)17(13)14;1-2/h3-10H,1-2H3;1-2H3. The molecule has 0 N–H and O–H groups in total. The zero-order valence-electron chi connectivity index (χ0n) is 12.6. The minimum atomic E-state index is 1.34. The van der Waals surface area contributed by atoms with Crippen molar-refractivity contribution in [2.24, 2.45) is 0 Å². The zero-order chi connectivity index (χ0) is 14.3. The molecule has 20 heavy (non-hydrogen) atoms. The number of hydrogen-bond acceptors (Lipinski definition) is 0. The first-order chi connectivity index (χ1) is 9.75. The van der Waals surface area contributed by atoms with Crippen LogP contribution in [0, 0.1) is 13.8 Å². The predicted octanol–water partition coefficient (Wildman–Crippen LogP) is 6.23. The Labute approximate surface area is 120 Å². The van der Waals surface area contributed by atoms with Crippen molar-refractivity contribution in [3.63, 3.8) is 0 Å². The first-order valence-corrected chi connectivity index (χ1v) is 7.39. The van der Waals surface area contributed by atoms with Crippen molar-refractivity contribution in [3.8, 4) is 0 Å². The average molecular weight is 260 g/mol. The minimum absolute atomic E-state index is 1.34. The second kappa shape index (κ2) is 4.79. The molecular formula is C20H20. The quantitative estimate of drug-likeness (QED) is 0.329. The van der Waals surface area contributed by atoms with Crippen molar-refractivity contribution in [2.75, 3.05) is 0 Å². The van der Waals surface area contributed by atoms with Crippen LogP contribution in [0.2, 0.25) is 0 Å². The molecule has 0 unspecified atom stereocenters. The van der Waals surface area contributed by atoms with Gasteiger partial charge in [-0.2, -0.15) is 0 Å². The molecule has 0 heterocycles. The molecule has 0 aliphatic rings. The van der Waals surface area contributed by atoms with Gasteiger partial charge in [0, 0.05) is 0 Å². The van der Waals surface area contributed by atoms with E-state index in [0.717, 1.165) is 0 Å². The second-order valence-corrected chi connectivity index (χ2v) is 5.17. The molecule has 4 aromatic carbocycles. The van der Waals surface area contributed by atoms with Gasteiger partial charge in [-0.05, 0) is 57.3 Å². The molecule has 4 aromatic rings. The second-order valence-electron chi connectivity index (χ2n) is 5.17. The zero-order valence-corrected chi connectivity index (χ0v) is 12.6. The van der Waals surface area contributed by atoms with E-state index >= 15 is 0 Å². The van der Waals surface area contributed by atoms with Crippen LogP contribution < -0.4 is 0 Å². The molecule has 0 aliphatic heterocycles. The number of hydrogen-bond donors (Lipinski definition) is 0. The predicted molar refractivity (Wildman–Crippen MR) is 91.0 cm³/mol. The van der Waals surface area contributed by atoms with E-state index in [-0.39, 0.29) is 0 Å². The van der Waals surface area contributed by atoms with Gasteiger partial charge >= 0.3 is 0 Å². The van der Waals surface area contributed by atoms with Gasteiger partial charge in [-0.3, -0.25) is 0 Å². The number of aryl methyl sites for hydroxylation is 2. The summed E-state index contributed by atoms with van der Waals surface area (Å²) >= 11 is 0. The van der Waals surface area contributed by atoms with E-state index in [1.54, 1.807) is 0 Å². The fourth-order valence-corrected chi connectivity index (χ4v) is 3.10. The summed E-state index contributed by atoms with van der Waals surface area (Å²) in [6.45, 7) is 8.42. The lowest BCUT2D eigenvalue weighted by atomic mass is 9.90. The van der Waals surface area contributed by atoms with Crippen LogP contribution in [0.4, 0.5) is 0 Å². The summed E-state index contributed by atoms with van der Waals surface area (Å²) < 4.78 is 0. The van der Waals surface area contributed by atoms with Crippen LogP contribution in [-0.4, -0.2) is 0 Å². The monoisotopic (exact) mass is 260 g/mol. The van der Waals surface area contributed by atoms with Crippen molar-refractivity contribution < 1.29 is 0 Å². The molecule has 0 saturated carbocycles. The third-order valence-corrected chi connectivity index (χ3v) is 4.18. The lowest BCUT2D eigenvalue weighted by Gasteiger charge is -2.13. The maximum absolute atomic E-state index is 2.31. The summed E-state index contributed by atoms with van der Waals surface area (Å²) in [5.41, 5.74) is 2.78. The van der Waals surface area contributed by atoms with E-state index in [2.05, 4.69) is 62.4 Å². The highest BCUT2D eigenvalue weighted by Crippen LogP contribution is 2.36. The van der Waals surface area contributed by atoms with Crippen molar-refractivity contribution in [2.45, 2.75) is 27.7 Å². The van der Waals surface area contributed by atoms with Crippen LogP contribution in [0.5, 0.6) is 0 Å².